The van der Waals surface area contributed by atoms with Gasteiger partial charge >= 0.3 is 5.97 Å². The van der Waals surface area contributed by atoms with Crippen LogP contribution in [0, 0.1) is 12.3 Å². The maximum absolute atomic E-state index is 11.0. The van der Waals surface area contributed by atoms with E-state index in [1.165, 1.54) is 0 Å². The van der Waals surface area contributed by atoms with E-state index >= 15 is 0 Å². The molecule has 0 bridgehead atoms. The molecule has 0 atom stereocenters. The van der Waals surface area contributed by atoms with E-state index in [0.29, 0.717) is 11.4 Å². The molecule has 82 valence electrons. The highest BCUT2D eigenvalue weighted by atomic mass is 35.5. The van der Waals surface area contributed by atoms with Crippen LogP contribution >= 0.6 is 11.6 Å². The number of carboxylic acid groups (broad SMARTS) is 1. The lowest BCUT2D eigenvalue weighted by atomic mass is 9.85. The zero-order valence-corrected chi connectivity index (χ0v) is 9.93. The molecule has 1 N–H and O–H groups in total. The second kappa shape index (κ2) is 4.23. The number of carbonyl (C=O) groups is 1. The van der Waals surface area contributed by atoms with Crippen LogP contribution < -0.4 is 0 Å². The lowest BCUT2D eigenvalue weighted by molar-refractivity contribution is -0.146. The molecule has 1 aromatic rings. The van der Waals surface area contributed by atoms with Gasteiger partial charge in [0, 0.05) is 5.02 Å². The third-order valence-electron chi connectivity index (χ3n) is 2.41. The van der Waals surface area contributed by atoms with E-state index in [2.05, 4.69) is 0 Å². The molecule has 0 saturated carbocycles. The molecule has 2 nitrogen and oxygen atoms in total. The highest BCUT2D eigenvalue weighted by Gasteiger charge is 2.28. The standard InChI is InChI=1S/C12H15ClO2/c1-8-4-5-10(13)9(6-8)7-12(2,3)11(14)15/h4-6H,7H2,1-3H3,(H,14,15). The summed E-state index contributed by atoms with van der Waals surface area (Å²) in [6.07, 6.45) is 0.447. The predicted molar refractivity (Wildman–Crippen MR) is 61.3 cm³/mol. The number of hydrogen-bond donors (Lipinski definition) is 1. The van der Waals surface area contributed by atoms with Crippen LogP contribution in [0.2, 0.25) is 5.02 Å². The molecule has 15 heavy (non-hydrogen) atoms. The van der Waals surface area contributed by atoms with E-state index in [-0.39, 0.29) is 0 Å². The van der Waals surface area contributed by atoms with Crippen molar-refractivity contribution in [3.63, 3.8) is 0 Å². The lowest BCUT2D eigenvalue weighted by Crippen LogP contribution is -2.26. The lowest BCUT2D eigenvalue weighted by Gasteiger charge is -2.19. The number of hydrogen-bond acceptors (Lipinski definition) is 1. The molecular weight excluding hydrogens is 212 g/mol. The number of halogens is 1. The molecule has 0 amide bonds. The summed E-state index contributed by atoms with van der Waals surface area (Å²) < 4.78 is 0. The van der Waals surface area contributed by atoms with Crippen molar-refractivity contribution in [2.24, 2.45) is 5.41 Å². The number of aryl methyl sites for hydroxylation is 1. The number of rotatable bonds is 3. The van der Waals surface area contributed by atoms with Crippen LogP contribution in [0.3, 0.4) is 0 Å². The van der Waals surface area contributed by atoms with Gasteiger partial charge < -0.3 is 5.11 Å². The van der Waals surface area contributed by atoms with E-state index < -0.39 is 11.4 Å². The largest absolute Gasteiger partial charge is 0.481 e. The fourth-order valence-corrected chi connectivity index (χ4v) is 1.58. The Labute approximate surface area is 94.9 Å². The average molecular weight is 227 g/mol. The first-order valence-corrected chi connectivity index (χ1v) is 5.19. The van der Waals surface area contributed by atoms with Gasteiger partial charge in [-0.1, -0.05) is 29.3 Å². The second-order valence-corrected chi connectivity index (χ2v) is 4.87. The summed E-state index contributed by atoms with van der Waals surface area (Å²) in [6.45, 7) is 5.37. The Morgan fingerprint density at radius 2 is 2.07 bits per heavy atom. The molecule has 0 unspecified atom stereocenters. The summed E-state index contributed by atoms with van der Waals surface area (Å²) >= 11 is 6.01. The molecule has 0 aliphatic carbocycles. The average Bonchev–Trinajstić information content (AvgIpc) is 2.10. The van der Waals surface area contributed by atoms with Gasteiger partial charge in [0.15, 0.2) is 0 Å². The number of carboxylic acids is 1. The van der Waals surface area contributed by atoms with Crippen molar-refractivity contribution in [1.82, 2.24) is 0 Å². The SMILES string of the molecule is Cc1ccc(Cl)c(CC(C)(C)C(=O)O)c1. The summed E-state index contributed by atoms with van der Waals surface area (Å²) in [7, 11) is 0. The molecule has 0 heterocycles. The maximum Gasteiger partial charge on any atom is 0.309 e. The number of aliphatic carboxylic acids is 1. The van der Waals surface area contributed by atoms with Gasteiger partial charge in [-0.3, -0.25) is 4.79 Å². The second-order valence-electron chi connectivity index (χ2n) is 4.46. The Morgan fingerprint density at radius 1 is 1.47 bits per heavy atom. The third kappa shape index (κ3) is 2.96. The van der Waals surface area contributed by atoms with Gasteiger partial charge in [-0.15, -0.1) is 0 Å². The van der Waals surface area contributed by atoms with Crippen LogP contribution in [-0.2, 0) is 11.2 Å². The minimum Gasteiger partial charge on any atom is -0.481 e. The Morgan fingerprint density at radius 3 is 2.60 bits per heavy atom. The Hall–Kier alpha value is -1.02. The van der Waals surface area contributed by atoms with Crippen molar-refractivity contribution < 1.29 is 9.90 Å². The zero-order valence-electron chi connectivity index (χ0n) is 9.17. The van der Waals surface area contributed by atoms with E-state index in [1.807, 2.05) is 25.1 Å². The highest BCUT2D eigenvalue weighted by Crippen LogP contribution is 2.27. The van der Waals surface area contributed by atoms with Gasteiger partial charge in [0.05, 0.1) is 5.41 Å². The summed E-state index contributed by atoms with van der Waals surface area (Å²) in [5, 5.41) is 9.65. The molecule has 0 radical (unpaired) electrons. The predicted octanol–water partition coefficient (Wildman–Crippen LogP) is 3.30. The fraction of sp³-hybridized carbons (Fsp3) is 0.417. The first kappa shape index (κ1) is 12.1. The summed E-state index contributed by atoms with van der Waals surface area (Å²) in [5.74, 6) is -0.805. The van der Waals surface area contributed by atoms with Crippen LogP contribution in [0.15, 0.2) is 18.2 Å². The minimum absolute atomic E-state index is 0.447. The van der Waals surface area contributed by atoms with Crippen molar-refractivity contribution in [3.8, 4) is 0 Å². The molecule has 0 aliphatic heterocycles. The number of benzene rings is 1. The first-order valence-electron chi connectivity index (χ1n) is 4.81. The van der Waals surface area contributed by atoms with Gasteiger partial charge in [0.2, 0.25) is 0 Å². The molecular formula is C12H15ClO2. The Kier molecular flexibility index (Phi) is 3.40. The highest BCUT2D eigenvalue weighted by molar-refractivity contribution is 6.31. The van der Waals surface area contributed by atoms with Crippen LogP contribution in [-0.4, -0.2) is 11.1 Å². The van der Waals surface area contributed by atoms with E-state index in [4.69, 9.17) is 16.7 Å². The van der Waals surface area contributed by atoms with Gasteiger partial charge in [0.25, 0.3) is 0 Å². The van der Waals surface area contributed by atoms with Crippen LogP contribution in [0.4, 0.5) is 0 Å². The van der Waals surface area contributed by atoms with Gasteiger partial charge in [-0.25, -0.2) is 0 Å². The van der Waals surface area contributed by atoms with Crippen molar-refractivity contribution in [2.75, 3.05) is 0 Å². The summed E-state index contributed by atoms with van der Waals surface area (Å²) in [5.41, 5.74) is 1.21. The maximum atomic E-state index is 11.0. The van der Waals surface area contributed by atoms with Crippen molar-refractivity contribution in [2.45, 2.75) is 27.2 Å². The summed E-state index contributed by atoms with van der Waals surface area (Å²) in [6, 6.07) is 5.66. The minimum atomic E-state index is -0.805. The van der Waals surface area contributed by atoms with Gasteiger partial charge in [-0.2, -0.15) is 0 Å². The molecule has 0 fully saturated rings. The smallest absolute Gasteiger partial charge is 0.309 e. The van der Waals surface area contributed by atoms with Crippen LogP contribution in [0.1, 0.15) is 25.0 Å². The quantitative estimate of drug-likeness (QED) is 0.859. The van der Waals surface area contributed by atoms with E-state index in [9.17, 15) is 4.79 Å². The molecule has 1 aromatic carbocycles. The first-order chi connectivity index (χ1) is 6.83. The van der Waals surface area contributed by atoms with Crippen molar-refractivity contribution >= 4 is 17.6 Å². The zero-order chi connectivity index (χ0) is 11.6. The molecule has 0 aliphatic rings. The molecule has 0 saturated heterocycles. The van der Waals surface area contributed by atoms with Gasteiger partial charge in [0.1, 0.15) is 0 Å². The van der Waals surface area contributed by atoms with Crippen molar-refractivity contribution in [1.29, 1.82) is 0 Å². The Bertz CT molecular complexity index is 383. The topological polar surface area (TPSA) is 37.3 Å². The molecule has 0 aromatic heterocycles. The van der Waals surface area contributed by atoms with Crippen LogP contribution in [0.5, 0.6) is 0 Å². The van der Waals surface area contributed by atoms with Gasteiger partial charge in [-0.05, 0) is 38.8 Å². The fourth-order valence-electron chi connectivity index (χ4n) is 1.39. The van der Waals surface area contributed by atoms with Crippen LogP contribution in [0.25, 0.3) is 0 Å². The summed E-state index contributed by atoms with van der Waals surface area (Å²) in [4.78, 5) is 11.0. The monoisotopic (exact) mass is 226 g/mol. The normalized spacial score (nSPS) is 11.5. The van der Waals surface area contributed by atoms with E-state index in [1.54, 1.807) is 13.8 Å². The Balaban J connectivity index is 2.99. The van der Waals surface area contributed by atoms with E-state index in [0.717, 1.165) is 11.1 Å². The molecule has 3 heteroatoms. The molecule has 0 spiro atoms. The van der Waals surface area contributed by atoms with Crippen molar-refractivity contribution in [3.05, 3.63) is 34.3 Å². The molecule has 1 rings (SSSR count). The third-order valence-corrected chi connectivity index (χ3v) is 2.78.